The van der Waals surface area contributed by atoms with Gasteiger partial charge in [0.25, 0.3) is 0 Å². The number of aromatic nitrogens is 2. The summed E-state index contributed by atoms with van der Waals surface area (Å²) in [4.78, 5) is 6.67. The summed E-state index contributed by atoms with van der Waals surface area (Å²) < 4.78 is 39.9. The van der Waals surface area contributed by atoms with E-state index in [-0.39, 0.29) is 17.0 Å². The van der Waals surface area contributed by atoms with Crippen molar-refractivity contribution in [3.63, 3.8) is 0 Å². The monoisotopic (exact) mass is 419 g/mol. The number of hydrogen-bond donors (Lipinski definition) is 0. The van der Waals surface area contributed by atoms with Crippen LogP contribution in [-0.4, -0.2) is 35.7 Å². The van der Waals surface area contributed by atoms with Gasteiger partial charge in [-0.05, 0) is 55.8 Å². The smallest absolute Gasteiger partial charge is 0.227 e. The van der Waals surface area contributed by atoms with E-state index in [4.69, 9.17) is 0 Å². The maximum absolute atomic E-state index is 13.3. The van der Waals surface area contributed by atoms with E-state index in [0.29, 0.717) is 12.5 Å². The maximum Gasteiger partial charge on any atom is 0.227 e. The third-order valence-electron chi connectivity index (χ3n) is 6.38. The van der Waals surface area contributed by atoms with Gasteiger partial charge >= 0.3 is 0 Å². The molecule has 1 aromatic heterocycles. The fraction of sp³-hybridized carbons (Fsp3) is 0.591. The summed E-state index contributed by atoms with van der Waals surface area (Å²) in [5.74, 6) is 0.297. The molecule has 158 valence electrons. The van der Waals surface area contributed by atoms with Crippen LogP contribution in [0.1, 0.15) is 62.2 Å². The Hall–Kier alpha value is -1.73. The molecular weight excluding hydrogens is 389 g/mol. The van der Waals surface area contributed by atoms with Crippen LogP contribution in [0.4, 0.5) is 4.39 Å². The average Bonchev–Trinajstić information content (AvgIpc) is 3.31. The van der Waals surface area contributed by atoms with Gasteiger partial charge in [-0.25, -0.2) is 17.8 Å². The van der Waals surface area contributed by atoms with E-state index < -0.39 is 9.84 Å². The van der Waals surface area contributed by atoms with Crippen LogP contribution in [0.3, 0.4) is 0 Å². The molecule has 0 N–H and O–H groups in total. The van der Waals surface area contributed by atoms with Crippen molar-refractivity contribution in [1.82, 2.24) is 14.5 Å². The average molecular weight is 420 g/mol. The molecule has 1 atom stereocenters. The summed E-state index contributed by atoms with van der Waals surface area (Å²) in [5.41, 5.74) is 2.08. The van der Waals surface area contributed by atoms with Gasteiger partial charge < -0.3 is 4.57 Å². The molecule has 1 aromatic carbocycles. The molecule has 2 heterocycles. The number of benzene rings is 1. The lowest BCUT2D eigenvalue weighted by Crippen LogP contribution is -2.26. The Morgan fingerprint density at radius 2 is 1.79 bits per heavy atom. The van der Waals surface area contributed by atoms with Crippen LogP contribution < -0.4 is 0 Å². The third-order valence-corrected chi connectivity index (χ3v) is 7.37. The molecular formula is C22H30FN3O2S. The Kier molecular flexibility index (Phi) is 6.06. The Balaban J connectivity index is 1.58. The van der Waals surface area contributed by atoms with Gasteiger partial charge in [0.05, 0.1) is 11.9 Å². The van der Waals surface area contributed by atoms with E-state index in [2.05, 4.69) is 9.88 Å². The SMILES string of the molecule is CS(=O)(=O)c1ncc(CN2CCCC2c2ccc(F)cc2)n1CC1CCCCC1. The molecule has 1 saturated heterocycles. The number of rotatable bonds is 6. The van der Waals surface area contributed by atoms with Crippen LogP contribution in [0, 0.1) is 11.7 Å². The molecule has 2 fully saturated rings. The van der Waals surface area contributed by atoms with E-state index in [1.165, 1.54) is 37.7 Å². The van der Waals surface area contributed by atoms with Crippen molar-refractivity contribution in [3.8, 4) is 0 Å². The van der Waals surface area contributed by atoms with Gasteiger partial charge in [0.15, 0.2) is 0 Å². The van der Waals surface area contributed by atoms with Crippen molar-refractivity contribution in [3.05, 3.63) is 47.5 Å². The minimum Gasteiger partial charge on any atom is -0.317 e. The van der Waals surface area contributed by atoms with Gasteiger partial charge in [-0.2, -0.15) is 0 Å². The van der Waals surface area contributed by atoms with Crippen LogP contribution in [0.15, 0.2) is 35.6 Å². The first-order chi connectivity index (χ1) is 13.9. The molecule has 1 saturated carbocycles. The Morgan fingerprint density at radius 1 is 1.07 bits per heavy atom. The van der Waals surface area contributed by atoms with E-state index in [9.17, 15) is 12.8 Å². The zero-order valence-electron chi connectivity index (χ0n) is 17.1. The van der Waals surface area contributed by atoms with Crippen molar-refractivity contribution in [2.24, 2.45) is 5.92 Å². The van der Waals surface area contributed by atoms with Crippen LogP contribution in [0.2, 0.25) is 0 Å². The van der Waals surface area contributed by atoms with Crippen molar-refractivity contribution >= 4 is 9.84 Å². The van der Waals surface area contributed by atoms with E-state index in [0.717, 1.165) is 50.0 Å². The second-order valence-electron chi connectivity index (χ2n) is 8.60. The molecule has 0 spiro atoms. The van der Waals surface area contributed by atoms with Crippen LogP contribution in [0.25, 0.3) is 0 Å². The standard InChI is InChI=1S/C22H30FN3O2S/c1-29(27,28)22-24-14-20(26(22)15-17-6-3-2-4-7-17)16-25-13-5-8-21(25)18-9-11-19(23)12-10-18/h9-12,14,17,21H,2-8,13,15-16H2,1H3. The Labute approximate surface area is 172 Å². The summed E-state index contributed by atoms with van der Waals surface area (Å²) in [6.45, 7) is 2.34. The van der Waals surface area contributed by atoms with Crippen molar-refractivity contribution in [2.45, 2.75) is 69.2 Å². The molecule has 1 unspecified atom stereocenters. The lowest BCUT2D eigenvalue weighted by atomic mass is 9.89. The number of nitrogens with zero attached hydrogens (tertiary/aromatic N) is 3. The lowest BCUT2D eigenvalue weighted by Gasteiger charge is -2.27. The molecule has 2 aliphatic rings. The largest absolute Gasteiger partial charge is 0.317 e. The fourth-order valence-electron chi connectivity index (χ4n) is 4.92. The summed E-state index contributed by atoms with van der Waals surface area (Å²) >= 11 is 0. The Bertz CT molecular complexity index is 933. The Morgan fingerprint density at radius 3 is 2.48 bits per heavy atom. The van der Waals surface area contributed by atoms with Gasteiger partial charge in [0.1, 0.15) is 5.82 Å². The fourth-order valence-corrected chi connectivity index (χ4v) is 5.76. The molecule has 7 heteroatoms. The first-order valence-electron chi connectivity index (χ1n) is 10.7. The van der Waals surface area contributed by atoms with Gasteiger partial charge in [0, 0.05) is 25.4 Å². The highest BCUT2D eigenvalue weighted by Crippen LogP contribution is 2.34. The minimum atomic E-state index is -3.38. The van der Waals surface area contributed by atoms with E-state index in [1.807, 2.05) is 16.7 Å². The van der Waals surface area contributed by atoms with Gasteiger partial charge in [0.2, 0.25) is 15.0 Å². The first-order valence-corrected chi connectivity index (χ1v) is 12.5. The molecule has 5 nitrogen and oxygen atoms in total. The minimum absolute atomic E-state index is 0.190. The van der Waals surface area contributed by atoms with E-state index in [1.54, 1.807) is 6.20 Å². The normalized spacial score (nSPS) is 21.7. The number of halogens is 1. The highest BCUT2D eigenvalue weighted by atomic mass is 32.2. The molecule has 2 aromatic rings. The third kappa shape index (κ3) is 4.72. The summed E-state index contributed by atoms with van der Waals surface area (Å²) in [7, 11) is -3.38. The van der Waals surface area contributed by atoms with Crippen LogP contribution in [-0.2, 0) is 22.9 Å². The lowest BCUT2D eigenvalue weighted by molar-refractivity contribution is 0.235. The number of likely N-dealkylation sites (tertiary alicyclic amines) is 1. The highest BCUT2D eigenvalue weighted by Gasteiger charge is 2.29. The molecule has 0 bridgehead atoms. The molecule has 4 rings (SSSR count). The molecule has 0 amide bonds. The topological polar surface area (TPSA) is 55.2 Å². The van der Waals surface area contributed by atoms with Gasteiger partial charge in [-0.1, -0.05) is 31.4 Å². The molecule has 1 aliphatic carbocycles. The second-order valence-corrected chi connectivity index (χ2v) is 10.5. The molecule has 0 radical (unpaired) electrons. The molecule has 1 aliphatic heterocycles. The van der Waals surface area contributed by atoms with Crippen LogP contribution >= 0.6 is 0 Å². The zero-order chi connectivity index (χ0) is 20.4. The van der Waals surface area contributed by atoms with Crippen molar-refractivity contribution < 1.29 is 12.8 Å². The van der Waals surface area contributed by atoms with Gasteiger partial charge in [-0.3, -0.25) is 4.90 Å². The summed E-state index contributed by atoms with van der Waals surface area (Å²) in [6.07, 6.45) is 11.1. The summed E-state index contributed by atoms with van der Waals surface area (Å²) in [6, 6.07) is 6.98. The zero-order valence-corrected chi connectivity index (χ0v) is 17.9. The second kappa shape index (κ2) is 8.56. The van der Waals surface area contributed by atoms with Crippen molar-refractivity contribution in [2.75, 3.05) is 12.8 Å². The number of hydrogen-bond acceptors (Lipinski definition) is 4. The quantitative estimate of drug-likeness (QED) is 0.699. The predicted molar refractivity (Wildman–Crippen MR) is 111 cm³/mol. The maximum atomic E-state index is 13.3. The van der Waals surface area contributed by atoms with E-state index >= 15 is 0 Å². The predicted octanol–water partition coefficient (Wildman–Crippen LogP) is 4.34. The number of sulfone groups is 1. The number of imidazole rings is 1. The van der Waals surface area contributed by atoms with Crippen LogP contribution in [0.5, 0.6) is 0 Å². The molecule has 29 heavy (non-hydrogen) atoms. The summed E-state index contributed by atoms with van der Waals surface area (Å²) in [5, 5.41) is 0.190. The first kappa shape index (κ1) is 20.5. The van der Waals surface area contributed by atoms with Crippen molar-refractivity contribution in [1.29, 1.82) is 0 Å². The van der Waals surface area contributed by atoms with Gasteiger partial charge in [-0.15, -0.1) is 0 Å². The highest BCUT2D eigenvalue weighted by molar-refractivity contribution is 7.90.